The predicted octanol–water partition coefficient (Wildman–Crippen LogP) is 3.18. The van der Waals surface area contributed by atoms with Gasteiger partial charge in [-0.05, 0) is 24.5 Å². The van der Waals surface area contributed by atoms with Crippen molar-refractivity contribution in [3.05, 3.63) is 18.2 Å². The lowest BCUT2D eigenvalue weighted by Gasteiger charge is -2.15. The molecule has 1 unspecified atom stereocenters. The van der Waals surface area contributed by atoms with Gasteiger partial charge in [0.25, 0.3) is 0 Å². The fourth-order valence-corrected chi connectivity index (χ4v) is 3.25. The lowest BCUT2D eigenvalue weighted by atomic mass is 10.2. The smallest absolute Gasteiger partial charge is 0.136 e. The van der Waals surface area contributed by atoms with Gasteiger partial charge in [-0.2, -0.15) is 0 Å². The first-order chi connectivity index (χ1) is 8.24. The molecule has 2 rings (SSSR count). The molecular formula is C13H18O3S. The van der Waals surface area contributed by atoms with Gasteiger partial charge in [-0.15, -0.1) is 0 Å². The molecular weight excluding hydrogens is 236 g/mol. The molecule has 2 atom stereocenters. The Balaban J connectivity index is 2.18. The zero-order valence-corrected chi connectivity index (χ0v) is 11.3. The second-order valence-electron chi connectivity index (χ2n) is 4.21. The Labute approximate surface area is 106 Å². The molecule has 1 heterocycles. The van der Waals surface area contributed by atoms with Crippen LogP contribution >= 0.6 is 11.8 Å². The van der Waals surface area contributed by atoms with E-state index in [2.05, 4.69) is 6.92 Å². The third-order valence-electron chi connectivity index (χ3n) is 2.79. The first-order valence-electron chi connectivity index (χ1n) is 5.74. The average Bonchev–Trinajstić information content (AvgIpc) is 2.75. The fourth-order valence-electron chi connectivity index (χ4n) is 1.88. The second-order valence-corrected chi connectivity index (χ2v) is 5.38. The zero-order chi connectivity index (χ0) is 12.3. The summed E-state index contributed by atoms with van der Waals surface area (Å²) in [4.78, 5) is 1.02. The van der Waals surface area contributed by atoms with Crippen molar-refractivity contribution in [1.29, 1.82) is 0 Å². The highest BCUT2D eigenvalue weighted by Gasteiger charge is 2.25. The van der Waals surface area contributed by atoms with E-state index in [4.69, 9.17) is 14.2 Å². The van der Waals surface area contributed by atoms with Crippen LogP contribution in [0.25, 0.3) is 0 Å². The minimum atomic E-state index is 0.204. The van der Waals surface area contributed by atoms with Crippen molar-refractivity contribution in [2.75, 3.05) is 20.8 Å². The Hall–Kier alpha value is -0.870. The molecule has 1 aliphatic rings. The predicted molar refractivity (Wildman–Crippen MR) is 68.9 cm³/mol. The molecule has 17 heavy (non-hydrogen) atoms. The van der Waals surface area contributed by atoms with Crippen LogP contribution in [0.4, 0.5) is 0 Å². The largest absolute Gasteiger partial charge is 0.495 e. The maximum absolute atomic E-state index is 5.72. The van der Waals surface area contributed by atoms with Gasteiger partial charge in [0.1, 0.15) is 16.9 Å². The standard InChI is InChI=1S/C13H18O3S/c1-9-7-12(16-8-9)17-13-10(14-2)5-4-6-11(13)15-3/h4-6,9,12H,7-8H2,1-3H3/t9-,12?/m1/s1. The van der Waals surface area contributed by atoms with Gasteiger partial charge in [-0.25, -0.2) is 0 Å². The summed E-state index contributed by atoms with van der Waals surface area (Å²) in [5.74, 6) is 2.32. The first kappa shape index (κ1) is 12.6. The third-order valence-corrected chi connectivity index (χ3v) is 4.02. The van der Waals surface area contributed by atoms with Crippen LogP contribution in [0.3, 0.4) is 0 Å². The highest BCUT2D eigenvalue weighted by Crippen LogP contribution is 2.43. The summed E-state index contributed by atoms with van der Waals surface area (Å²) in [6, 6.07) is 5.83. The average molecular weight is 254 g/mol. The number of hydrogen-bond acceptors (Lipinski definition) is 4. The highest BCUT2D eigenvalue weighted by atomic mass is 32.2. The summed E-state index contributed by atoms with van der Waals surface area (Å²) in [6.45, 7) is 3.05. The molecule has 1 aliphatic heterocycles. The Morgan fingerprint density at radius 1 is 1.24 bits per heavy atom. The number of methoxy groups -OCH3 is 2. The van der Waals surface area contributed by atoms with Crippen LogP contribution in [0.2, 0.25) is 0 Å². The number of benzene rings is 1. The molecule has 0 bridgehead atoms. The molecule has 4 heteroatoms. The highest BCUT2D eigenvalue weighted by molar-refractivity contribution is 8.00. The monoisotopic (exact) mass is 254 g/mol. The van der Waals surface area contributed by atoms with Crippen LogP contribution < -0.4 is 9.47 Å². The maximum Gasteiger partial charge on any atom is 0.136 e. The van der Waals surface area contributed by atoms with E-state index < -0.39 is 0 Å². The van der Waals surface area contributed by atoms with Gasteiger partial charge in [0.15, 0.2) is 0 Å². The number of rotatable bonds is 4. The van der Waals surface area contributed by atoms with Crippen molar-refractivity contribution in [2.24, 2.45) is 5.92 Å². The normalized spacial score (nSPS) is 23.7. The van der Waals surface area contributed by atoms with Crippen LogP contribution in [-0.4, -0.2) is 26.3 Å². The van der Waals surface area contributed by atoms with Crippen LogP contribution in [0, 0.1) is 5.92 Å². The molecule has 94 valence electrons. The van der Waals surface area contributed by atoms with E-state index in [0.29, 0.717) is 5.92 Å². The van der Waals surface area contributed by atoms with Crippen molar-refractivity contribution in [1.82, 2.24) is 0 Å². The number of thioether (sulfide) groups is 1. The quantitative estimate of drug-likeness (QED) is 0.825. The van der Waals surface area contributed by atoms with Gasteiger partial charge < -0.3 is 14.2 Å². The lowest BCUT2D eigenvalue weighted by Crippen LogP contribution is -2.00. The molecule has 1 aromatic rings. The third kappa shape index (κ3) is 2.87. The van der Waals surface area contributed by atoms with Gasteiger partial charge >= 0.3 is 0 Å². The van der Waals surface area contributed by atoms with Crippen molar-refractivity contribution >= 4 is 11.8 Å². The zero-order valence-electron chi connectivity index (χ0n) is 10.4. The van der Waals surface area contributed by atoms with E-state index in [-0.39, 0.29) is 5.44 Å². The number of ether oxygens (including phenoxy) is 3. The second kappa shape index (κ2) is 5.65. The van der Waals surface area contributed by atoms with Crippen molar-refractivity contribution < 1.29 is 14.2 Å². The van der Waals surface area contributed by atoms with Crippen LogP contribution in [0.1, 0.15) is 13.3 Å². The van der Waals surface area contributed by atoms with E-state index in [1.807, 2.05) is 18.2 Å². The van der Waals surface area contributed by atoms with Crippen molar-refractivity contribution in [2.45, 2.75) is 23.7 Å². The molecule has 0 N–H and O–H groups in total. The van der Waals surface area contributed by atoms with Crippen LogP contribution in [-0.2, 0) is 4.74 Å². The summed E-state index contributed by atoms with van der Waals surface area (Å²) < 4.78 is 16.5. The molecule has 1 fully saturated rings. The van der Waals surface area contributed by atoms with E-state index >= 15 is 0 Å². The summed E-state index contributed by atoms with van der Waals surface area (Å²) in [7, 11) is 3.36. The maximum atomic E-state index is 5.72. The van der Waals surface area contributed by atoms with E-state index in [1.165, 1.54) is 0 Å². The molecule has 0 saturated carbocycles. The minimum absolute atomic E-state index is 0.204. The Kier molecular flexibility index (Phi) is 4.18. The van der Waals surface area contributed by atoms with Gasteiger partial charge in [-0.3, -0.25) is 0 Å². The molecule has 1 saturated heterocycles. The molecule has 0 aliphatic carbocycles. The molecule has 0 aromatic heterocycles. The molecule has 0 radical (unpaired) electrons. The van der Waals surface area contributed by atoms with Gasteiger partial charge in [0.2, 0.25) is 0 Å². The molecule has 1 aromatic carbocycles. The van der Waals surface area contributed by atoms with Crippen LogP contribution in [0.5, 0.6) is 11.5 Å². The Morgan fingerprint density at radius 2 is 1.88 bits per heavy atom. The van der Waals surface area contributed by atoms with Crippen molar-refractivity contribution in [3.8, 4) is 11.5 Å². The topological polar surface area (TPSA) is 27.7 Å². The van der Waals surface area contributed by atoms with E-state index in [9.17, 15) is 0 Å². The van der Waals surface area contributed by atoms with E-state index in [1.54, 1.807) is 26.0 Å². The lowest BCUT2D eigenvalue weighted by molar-refractivity contribution is 0.166. The summed E-state index contributed by atoms with van der Waals surface area (Å²) >= 11 is 1.69. The Morgan fingerprint density at radius 3 is 2.35 bits per heavy atom. The fraction of sp³-hybridized carbons (Fsp3) is 0.538. The van der Waals surface area contributed by atoms with Gasteiger partial charge in [-0.1, -0.05) is 24.8 Å². The van der Waals surface area contributed by atoms with E-state index in [0.717, 1.165) is 29.4 Å². The van der Waals surface area contributed by atoms with Gasteiger partial charge in [0.05, 0.1) is 25.7 Å². The summed E-state index contributed by atoms with van der Waals surface area (Å²) in [5, 5.41) is 0. The van der Waals surface area contributed by atoms with Crippen LogP contribution in [0.15, 0.2) is 23.1 Å². The van der Waals surface area contributed by atoms with Crippen molar-refractivity contribution in [3.63, 3.8) is 0 Å². The Bertz CT molecular complexity index is 359. The molecule has 0 amide bonds. The SMILES string of the molecule is COc1cccc(OC)c1SC1C[C@@H](C)CO1. The first-order valence-corrected chi connectivity index (χ1v) is 6.61. The molecule has 0 spiro atoms. The number of hydrogen-bond donors (Lipinski definition) is 0. The molecule has 3 nitrogen and oxygen atoms in total. The minimum Gasteiger partial charge on any atom is -0.495 e. The summed E-state index contributed by atoms with van der Waals surface area (Å²) in [6.07, 6.45) is 1.08. The summed E-state index contributed by atoms with van der Waals surface area (Å²) in [5.41, 5.74) is 0.204. The van der Waals surface area contributed by atoms with Gasteiger partial charge in [0, 0.05) is 0 Å².